The standard InChI is InChI=1S/C30H49NO7/c1-19(2)25-17-37-30(34)31(25)29(33)23(7)28(32)22(6)14-21(5)27(38-18-35-8)15-26(20(3)4)36-16-24-12-10-9-11-13-24/h9-13,19-23,25-28,32H,14-18H2,1-8H3/t21-,22+,23+,25-,26+,27-,28-/m1/s1. The highest BCUT2D eigenvalue weighted by atomic mass is 16.7. The van der Waals surface area contributed by atoms with E-state index in [0.29, 0.717) is 19.4 Å². The molecule has 1 heterocycles. The molecule has 7 atom stereocenters. The van der Waals surface area contributed by atoms with Gasteiger partial charge >= 0.3 is 6.09 Å². The number of aliphatic hydroxyl groups excluding tert-OH is 1. The number of aliphatic hydroxyl groups is 1. The van der Waals surface area contributed by atoms with Crippen LogP contribution in [0.1, 0.15) is 66.9 Å². The van der Waals surface area contributed by atoms with E-state index < -0.39 is 18.1 Å². The van der Waals surface area contributed by atoms with Gasteiger partial charge in [-0.3, -0.25) is 4.79 Å². The van der Waals surface area contributed by atoms with Crippen LogP contribution in [-0.4, -0.2) is 66.9 Å². The van der Waals surface area contributed by atoms with Crippen LogP contribution in [0.5, 0.6) is 0 Å². The van der Waals surface area contributed by atoms with E-state index in [4.69, 9.17) is 18.9 Å². The van der Waals surface area contributed by atoms with Crippen molar-refractivity contribution in [1.29, 1.82) is 0 Å². The number of rotatable bonds is 16. The van der Waals surface area contributed by atoms with Crippen molar-refractivity contribution in [3.63, 3.8) is 0 Å². The maximum absolute atomic E-state index is 13.2. The highest BCUT2D eigenvalue weighted by Crippen LogP contribution is 2.30. The van der Waals surface area contributed by atoms with Gasteiger partial charge in [0.25, 0.3) is 0 Å². The van der Waals surface area contributed by atoms with Crippen LogP contribution in [0.3, 0.4) is 0 Å². The minimum Gasteiger partial charge on any atom is -0.447 e. The van der Waals surface area contributed by atoms with Gasteiger partial charge < -0.3 is 24.1 Å². The fraction of sp³-hybridized carbons (Fsp3) is 0.733. The average molecular weight is 536 g/mol. The summed E-state index contributed by atoms with van der Waals surface area (Å²) in [7, 11) is 1.60. The minimum atomic E-state index is -0.913. The summed E-state index contributed by atoms with van der Waals surface area (Å²) >= 11 is 0. The number of imide groups is 1. The van der Waals surface area contributed by atoms with Crippen molar-refractivity contribution >= 4 is 12.0 Å². The number of nitrogens with zero attached hydrogens (tertiary/aromatic N) is 1. The van der Waals surface area contributed by atoms with E-state index in [2.05, 4.69) is 32.9 Å². The van der Waals surface area contributed by atoms with Crippen LogP contribution in [0.25, 0.3) is 0 Å². The molecule has 38 heavy (non-hydrogen) atoms. The Balaban J connectivity index is 2.03. The van der Waals surface area contributed by atoms with Gasteiger partial charge in [0.1, 0.15) is 13.4 Å². The van der Waals surface area contributed by atoms with Gasteiger partial charge in [-0.05, 0) is 35.7 Å². The molecule has 2 rings (SSSR count). The topological polar surface area (TPSA) is 94.5 Å². The first-order valence-corrected chi connectivity index (χ1v) is 13.9. The Morgan fingerprint density at radius 3 is 2.24 bits per heavy atom. The van der Waals surface area contributed by atoms with E-state index in [0.717, 1.165) is 5.56 Å². The normalized spacial score (nSPS) is 20.8. The Morgan fingerprint density at radius 1 is 1.00 bits per heavy atom. The molecule has 0 radical (unpaired) electrons. The highest BCUT2D eigenvalue weighted by molar-refractivity contribution is 5.95. The van der Waals surface area contributed by atoms with E-state index in [1.807, 2.05) is 39.0 Å². The number of carbonyl (C=O) groups is 2. The van der Waals surface area contributed by atoms with Gasteiger partial charge in [0, 0.05) is 13.5 Å². The van der Waals surface area contributed by atoms with Gasteiger partial charge in [0.15, 0.2) is 0 Å². The number of amides is 2. The summed E-state index contributed by atoms with van der Waals surface area (Å²) in [6, 6.07) is 9.79. The summed E-state index contributed by atoms with van der Waals surface area (Å²) in [4.78, 5) is 26.6. The summed E-state index contributed by atoms with van der Waals surface area (Å²) in [6.45, 7) is 14.8. The Labute approximate surface area is 229 Å². The van der Waals surface area contributed by atoms with E-state index >= 15 is 0 Å². The number of benzene rings is 1. The number of ether oxygens (including phenoxy) is 4. The van der Waals surface area contributed by atoms with Crippen LogP contribution < -0.4 is 0 Å². The van der Waals surface area contributed by atoms with Crippen LogP contribution in [-0.2, 0) is 30.3 Å². The third kappa shape index (κ3) is 9.04. The zero-order valence-corrected chi connectivity index (χ0v) is 24.5. The Kier molecular flexibility index (Phi) is 13.2. The van der Waals surface area contributed by atoms with Crippen molar-refractivity contribution in [2.75, 3.05) is 20.5 Å². The molecule has 0 aromatic heterocycles. The van der Waals surface area contributed by atoms with Crippen LogP contribution in [0.2, 0.25) is 0 Å². The van der Waals surface area contributed by atoms with Crippen molar-refractivity contribution in [3.8, 4) is 0 Å². The number of carbonyl (C=O) groups excluding carboxylic acids is 2. The molecule has 1 aliphatic heterocycles. The molecule has 0 bridgehead atoms. The zero-order valence-electron chi connectivity index (χ0n) is 24.5. The lowest BCUT2D eigenvalue weighted by Crippen LogP contribution is -2.48. The maximum Gasteiger partial charge on any atom is 0.416 e. The smallest absolute Gasteiger partial charge is 0.416 e. The highest BCUT2D eigenvalue weighted by Gasteiger charge is 2.43. The quantitative estimate of drug-likeness (QED) is 0.288. The van der Waals surface area contributed by atoms with Crippen LogP contribution >= 0.6 is 0 Å². The van der Waals surface area contributed by atoms with Crippen molar-refractivity contribution in [2.45, 2.75) is 92.3 Å². The summed E-state index contributed by atoms with van der Waals surface area (Å²) in [5.41, 5.74) is 1.12. The second-order valence-electron chi connectivity index (χ2n) is 11.5. The summed E-state index contributed by atoms with van der Waals surface area (Å²) in [6.07, 6.45) is -0.398. The van der Waals surface area contributed by atoms with Crippen LogP contribution in [0, 0.1) is 29.6 Å². The third-order valence-electron chi connectivity index (χ3n) is 7.69. The van der Waals surface area contributed by atoms with Gasteiger partial charge in [-0.15, -0.1) is 0 Å². The molecule has 1 N–H and O–H groups in total. The van der Waals surface area contributed by atoms with Crippen molar-refractivity contribution in [3.05, 3.63) is 35.9 Å². The molecular formula is C30H49NO7. The molecule has 8 heteroatoms. The lowest BCUT2D eigenvalue weighted by atomic mass is 9.82. The lowest BCUT2D eigenvalue weighted by Gasteiger charge is -2.34. The molecule has 2 amide bonds. The number of methoxy groups -OCH3 is 1. The molecule has 1 aliphatic rings. The zero-order chi connectivity index (χ0) is 28.4. The predicted octanol–water partition coefficient (Wildman–Crippen LogP) is 5.27. The van der Waals surface area contributed by atoms with Crippen molar-refractivity contribution in [1.82, 2.24) is 4.90 Å². The largest absolute Gasteiger partial charge is 0.447 e. The van der Waals surface area contributed by atoms with Gasteiger partial charge in [-0.1, -0.05) is 78.8 Å². The molecule has 1 saturated heterocycles. The Bertz CT molecular complexity index is 846. The van der Waals surface area contributed by atoms with Gasteiger partial charge in [0.05, 0.1) is 36.9 Å². The maximum atomic E-state index is 13.2. The first kappa shape index (κ1) is 32.2. The van der Waals surface area contributed by atoms with Crippen molar-refractivity contribution < 1.29 is 33.6 Å². The van der Waals surface area contributed by atoms with Gasteiger partial charge in [-0.2, -0.15) is 0 Å². The SMILES string of the molecule is COCO[C@H](C[C@H](OCc1ccccc1)C(C)C)[C@H](C)C[C@H](C)[C@@H](O)[C@H](C)C(=O)N1C(=O)OC[C@@H]1C(C)C. The van der Waals surface area contributed by atoms with Crippen LogP contribution in [0.4, 0.5) is 4.79 Å². The molecule has 0 saturated carbocycles. The molecule has 0 spiro atoms. The monoisotopic (exact) mass is 535 g/mol. The second kappa shape index (κ2) is 15.6. The van der Waals surface area contributed by atoms with Gasteiger partial charge in [0.2, 0.25) is 5.91 Å². The number of cyclic esters (lactones) is 1. The Hall–Kier alpha value is -2.00. The molecule has 1 aromatic carbocycles. The van der Waals surface area contributed by atoms with E-state index in [1.54, 1.807) is 14.0 Å². The Morgan fingerprint density at radius 2 is 1.66 bits per heavy atom. The number of hydrogen-bond donors (Lipinski definition) is 1. The molecule has 1 aromatic rings. The number of hydrogen-bond acceptors (Lipinski definition) is 7. The predicted molar refractivity (Wildman–Crippen MR) is 146 cm³/mol. The molecular weight excluding hydrogens is 486 g/mol. The lowest BCUT2D eigenvalue weighted by molar-refractivity contribution is -0.139. The molecule has 0 aliphatic carbocycles. The molecule has 216 valence electrons. The van der Waals surface area contributed by atoms with E-state index in [-0.39, 0.29) is 61.2 Å². The minimum absolute atomic E-state index is 0.0191. The summed E-state index contributed by atoms with van der Waals surface area (Å²) in [5.74, 6) is -0.895. The first-order valence-electron chi connectivity index (χ1n) is 13.9. The fourth-order valence-electron chi connectivity index (χ4n) is 5.08. The third-order valence-corrected chi connectivity index (χ3v) is 7.69. The fourth-order valence-corrected chi connectivity index (χ4v) is 5.08. The van der Waals surface area contributed by atoms with E-state index in [9.17, 15) is 14.7 Å². The summed E-state index contributed by atoms with van der Waals surface area (Å²) in [5, 5.41) is 11.1. The van der Waals surface area contributed by atoms with Crippen molar-refractivity contribution in [2.24, 2.45) is 29.6 Å². The molecule has 8 nitrogen and oxygen atoms in total. The molecule has 0 unspecified atom stereocenters. The first-order chi connectivity index (χ1) is 18.0. The summed E-state index contributed by atoms with van der Waals surface area (Å²) < 4.78 is 22.7. The second-order valence-corrected chi connectivity index (χ2v) is 11.5. The van der Waals surface area contributed by atoms with E-state index in [1.165, 1.54) is 4.90 Å². The molecule has 1 fully saturated rings. The average Bonchev–Trinajstić information content (AvgIpc) is 3.28. The van der Waals surface area contributed by atoms with Crippen LogP contribution in [0.15, 0.2) is 30.3 Å². The van der Waals surface area contributed by atoms with Gasteiger partial charge in [-0.25, -0.2) is 9.69 Å².